The summed E-state index contributed by atoms with van der Waals surface area (Å²) in [4.78, 5) is 19.5. The lowest BCUT2D eigenvalue weighted by molar-refractivity contribution is -0.120. The largest absolute Gasteiger partial charge is 0.383 e. The first-order valence-electron chi connectivity index (χ1n) is 5.49. The van der Waals surface area contributed by atoms with E-state index in [2.05, 4.69) is 20.6 Å². The Morgan fingerprint density at radius 2 is 2.35 bits per heavy atom. The van der Waals surface area contributed by atoms with E-state index in [1.807, 2.05) is 6.92 Å². The van der Waals surface area contributed by atoms with E-state index in [1.54, 1.807) is 25.7 Å². The standard InChI is InChI=1S/C11H18N4O2/c1-9(10-7-12-3-4-13-10)15-8-11(16)14-5-6-17-2/h3-4,7,9,15H,5-6,8H2,1-2H3,(H,14,16). The van der Waals surface area contributed by atoms with Gasteiger partial charge in [-0.2, -0.15) is 0 Å². The first kappa shape index (κ1) is 13.5. The Hall–Kier alpha value is -1.53. The highest BCUT2D eigenvalue weighted by molar-refractivity contribution is 5.77. The number of ether oxygens (including phenoxy) is 1. The predicted molar refractivity (Wildman–Crippen MR) is 63.3 cm³/mol. The molecule has 1 atom stereocenters. The number of rotatable bonds is 7. The van der Waals surface area contributed by atoms with Gasteiger partial charge in [-0.05, 0) is 6.92 Å². The smallest absolute Gasteiger partial charge is 0.234 e. The van der Waals surface area contributed by atoms with Crippen LogP contribution in [0.4, 0.5) is 0 Å². The lowest BCUT2D eigenvalue weighted by Gasteiger charge is -2.12. The summed E-state index contributed by atoms with van der Waals surface area (Å²) in [6, 6.07) is -0.00289. The molecular formula is C11H18N4O2. The van der Waals surface area contributed by atoms with Crippen molar-refractivity contribution in [2.45, 2.75) is 13.0 Å². The molecule has 17 heavy (non-hydrogen) atoms. The third-order valence-electron chi connectivity index (χ3n) is 2.22. The zero-order valence-electron chi connectivity index (χ0n) is 10.1. The molecule has 94 valence electrons. The molecule has 1 rings (SSSR count). The van der Waals surface area contributed by atoms with Gasteiger partial charge in [0.05, 0.1) is 18.8 Å². The van der Waals surface area contributed by atoms with E-state index >= 15 is 0 Å². The van der Waals surface area contributed by atoms with Crippen LogP contribution in [-0.2, 0) is 9.53 Å². The average molecular weight is 238 g/mol. The monoisotopic (exact) mass is 238 g/mol. The summed E-state index contributed by atoms with van der Waals surface area (Å²) in [5.74, 6) is -0.0576. The van der Waals surface area contributed by atoms with Gasteiger partial charge in [-0.25, -0.2) is 0 Å². The molecular weight excluding hydrogens is 220 g/mol. The molecule has 0 saturated heterocycles. The molecule has 0 aliphatic carbocycles. The molecule has 0 saturated carbocycles. The van der Waals surface area contributed by atoms with Crippen molar-refractivity contribution in [1.82, 2.24) is 20.6 Å². The maximum absolute atomic E-state index is 11.4. The molecule has 0 aromatic carbocycles. The van der Waals surface area contributed by atoms with Crippen molar-refractivity contribution in [2.75, 3.05) is 26.8 Å². The number of hydrogen-bond acceptors (Lipinski definition) is 5. The van der Waals surface area contributed by atoms with E-state index in [9.17, 15) is 4.79 Å². The van der Waals surface area contributed by atoms with Crippen molar-refractivity contribution in [3.05, 3.63) is 24.3 Å². The molecule has 0 radical (unpaired) electrons. The highest BCUT2D eigenvalue weighted by Gasteiger charge is 2.08. The van der Waals surface area contributed by atoms with Crippen LogP contribution in [0, 0.1) is 0 Å². The van der Waals surface area contributed by atoms with Gasteiger partial charge in [-0.3, -0.25) is 14.8 Å². The summed E-state index contributed by atoms with van der Waals surface area (Å²) in [5, 5.41) is 5.80. The molecule has 1 aromatic rings. The molecule has 1 unspecified atom stereocenters. The van der Waals surface area contributed by atoms with Crippen LogP contribution in [0.3, 0.4) is 0 Å². The van der Waals surface area contributed by atoms with E-state index in [4.69, 9.17) is 4.74 Å². The van der Waals surface area contributed by atoms with Crippen LogP contribution >= 0.6 is 0 Å². The van der Waals surface area contributed by atoms with Crippen LogP contribution in [0.2, 0.25) is 0 Å². The van der Waals surface area contributed by atoms with Gasteiger partial charge in [-0.1, -0.05) is 0 Å². The summed E-state index contributed by atoms with van der Waals surface area (Å²) < 4.78 is 4.83. The Balaban J connectivity index is 2.24. The first-order chi connectivity index (χ1) is 8.24. The van der Waals surface area contributed by atoms with Crippen LogP contribution in [-0.4, -0.2) is 42.7 Å². The fraction of sp³-hybridized carbons (Fsp3) is 0.545. The molecule has 0 bridgehead atoms. The minimum absolute atomic E-state index is 0.00289. The van der Waals surface area contributed by atoms with Crippen molar-refractivity contribution in [3.63, 3.8) is 0 Å². The van der Waals surface area contributed by atoms with Gasteiger partial charge in [0.25, 0.3) is 0 Å². The van der Waals surface area contributed by atoms with E-state index < -0.39 is 0 Å². The van der Waals surface area contributed by atoms with E-state index in [0.717, 1.165) is 5.69 Å². The van der Waals surface area contributed by atoms with Crippen LogP contribution < -0.4 is 10.6 Å². The van der Waals surface area contributed by atoms with Gasteiger partial charge < -0.3 is 15.4 Å². The van der Waals surface area contributed by atoms with Crippen molar-refractivity contribution in [3.8, 4) is 0 Å². The molecule has 0 spiro atoms. The Kier molecular flexibility index (Phi) is 6.13. The number of aromatic nitrogens is 2. The summed E-state index contributed by atoms with van der Waals surface area (Å²) in [7, 11) is 1.60. The van der Waals surface area contributed by atoms with Gasteiger partial charge in [0.2, 0.25) is 5.91 Å². The summed E-state index contributed by atoms with van der Waals surface area (Å²) in [6.07, 6.45) is 4.93. The number of carbonyl (C=O) groups is 1. The SMILES string of the molecule is COCCNC(=O)CNC(C)c1cnccn1. The van der Waals surface area contributed by atoms with Crippen LogP contribution in [0.5, 0.6) is 0 Å². The average Bonchev–Trinajstić information content (AvgIpc) is 2.37. The Morgan fingerprint density at radius 3 is 3.00 bits per heavy atom. The van der Waals surface area contributed by atoms with Gasteiger partial charge in [-0.15, -0.1) is 0 Å². The maximum Gasteiger partial charge on any atom is 0.234 e. The second-order valence-electron chi connectivity index (χ2n) is 3.58. The molecule has 1 heterocycles. The molecule has 1 amide bonds. The fourth-order valence-electron chi connectivity index (χ4n) is 1.24. The minimum atomic E-state index is -0.0576. The normalized spacial score (nSPS) is 12.1. The van der Waals surface area contributed by atoms with E-state index in [1.165, 1.54) is 0 Å². The molecule has 0 aliphatic rings. The number of hydrogen-bond donors (Lipinski definition) is 2. The number of amides is 1. The maximum atomic E-state index is 11.4. The third kappa shape index (κ3) is 5.37. The van der Waals surface area contributed by atoms with Crippen molar-refractivity contribution in [1.29, 1.82) is 0 Å². The summed E-state index contributed by atoms with van der Waals surface area (Å²) >= 11 is 0. The number of nitrogens with one attached hydrogen (secondary N) is 2. The number of nitrogens with zero attached hydrogens (tertiary/aromatic N) is 2. The van der Waals surface area contributed by atoms with Crippen molar-refractivity contribution < 1.29 is 9.53 Å². The topological polar surface area (TPSA) is 76.1 Å². The first-order valence-corrected chi connectivity index (χ1v) is 5.49. The Morgan fingerprint density at radius 1 is 1.53 bits per heavy atom. The van der Waals surface area contributed by atoms with Crippen molar-refractivity contribution >= 4 is 5.91 Å². The second-order valence-corrected chi connectivity index (χ2v) is 3.58. The number of carbonyl (C=O) groups excluding carboxylic acids is 1. The fourth-order valence-corrected chi connectivity index (χ4v) is 1.24. The lowest BCUT2D eigenvalue weighted by Crippen LogP contribution is -2.36. The second kappa shape index (κ2) is 7.70. The molecule has 0 aliphatic heterocycles. The molecule has 1 aromatic heterocycles. The predicted octanol–water partition coefficient (Wildman–Crippen LogP) is -0.110. The zero-order chi connectivity index (χ0) is 12.5. The molecule has 6 nitrogen and oxygen atoms in total. The summed E-state index contributed by atoms with van der Waals surface area (Å²) in [6.45, 7) is 3.23. The zero-order valence-corrected chi connectivity index (χ0v) is 10.1. The van der Waals surface area contributed by atoms with E-state index in [-0.39, 0.29) is 18.5 Å². The van der Waals surface area contributed by atoms with Crippen LogP contribution in [0.25, 0.3) is 0 Å². The molecule has 0 fully saturated rings. The van der Waals surface area contributed by atoms with Gasteiger partial charge >= 0.3 is 0 Å². The Bertz CT molecular complexity index is 332. The summed E-state index contributed by atoms with van der Waals surface area (Å²) in [5.41, 5.74) is 0.817. The van der Waals surface area contributed by atoms with E-state index in [0.29, 0.717) is 13.2 Å². The number of methoxy groups -OCH3 is 1. The minimum Gasteiger partial charge on any atom is -0.383 e. The third-order valence-corrected chi connectivity index (χ3v) is 2.22. The lowest BCUT2D eigenvalue weighted by atomic mass is 10.2. The van der Waals surface area contributed by atoms with Crippen LogP contribution in [0.1, 0.15) is 18.7 Å². The van der Waals surface area contributed by atoms with Crippen molar-refractivity contribution in [2.24, 2.45) is 0 Å². The Labute approximate surface area is 101 Å². The highest BCUT2D eigenvalue weighted by atomic mass is 16.5. The van der Waals surface area contributed by atoms with Gasteiger partial charge in [0.15, 0.2) is 0 Å². The van der Waals surface area contributed by atoms with Crippen LogP contribution in [0.15, 0.2) is 18.6 Å². The van der Waals surface area contributed by atoms with Gasteiger partial charge in [0.1, 0.15) is 0 Å². The molecule has 6 heteroatoms. The van der Waals surface area contributed by atoms with Gasteiger partial charge in [0, 0.05) is 38.3 Å². The highest BCUT2D eigenvalue weighted by Crippen LogP contribution is 2.05. The molecule has 2 N–H and O–H groups in total. The quantitative estimate of drug-likeness (QED) is 0.648.